The molecule has 6 nitrogen and oxygen atoms in total. The zero-order valence-corrected chi connectivity index (χ0v) is 13.4. The molecule has 6 heteroatoms. The second-order valence-electron chi connectivity index (χ2n) is 5.12. The van der Waals surface area contributed by atoms with Crippen molar-refractivity contribution in [2.75, 3.05) is 18.5 Å². The van der Waals surface area contributed by atoms with Gasteiger partial charge in [0.05, 0.1) is 5.69 Å². The van der Waals surface area contributed by atoms with E-state index in [9.17, 15) is 0 Å². The Labute approximate surface area is 126 Å². The van der Waals surface area contributed by atoms with E-state index < -0.39 is 0 Å². The van der Waals surface area contributed by atoms with Crippen LogP contribution in [0.3, 0.4) is 0 Å². The van der Waals surface area contributed by atoms with Gasteiger partial charge in [0.2, 0.25) is 5.95 Å². The molecule has 1 N–H and O–H groups in total. The summed E-state index contributed by atoms with van der Waals surface area (Å²) in [5.41, 5.74) is 3.49. The number of hydrogen-bond acceptors (Lipinski definition) is 4. The topological polar surface area (TPSA) is 56.9 Å². The minimum atomic E-state index is 0.744. The Bertz CT molecular complexity index is 573. The van der Waals surface area contributed by atoms with E-state index in [4.69, 9.17) is 4.74 Å². The lowest BCUT2D eigenvalue weighted by Crippen LogP contribution is -2.10. The zero-order valence-electron chi connectivity index (χ0n) is 13.4. The highest BCUT2D eigenvalue weighted by molar-refractivity contribution is 5.32. The van der Waals surface area contributed by atoms with Gasteiger partial charge in [0, 0.05) is 57.0 Å². The first-order chi connectivity index (χ1) is 10.1. The van der Waals surface area contributed by atoms with E-state index in [1.165, 1.54) is 11.3 Å². The molecule has 0 radical (unpaired) electrons. The first-order valence-corrected chi connectivity index (χ1v) is 7.45. The number of nitrogens with one attached hydrogen (secondary N) is 1. The number of rotatable bonds is 8. The van der Waals surface area contributed by atoms with E-state index in [0.717, 1.165) is 44.4 Å². The highest BCUT2D eigenvalue weighted by atomic mass is 16.5. The van der Waals surface area contributed by atoms with Crippen LogP contribution in [0.15, 0.2) is 12.4 Å². The minimum Gasteiger partial charge on any atom is -0.382 e. The standard InChI is InChI=1S/C15H25N5O/c1-5-21-10-6-8-20-9-7-16-15(20)17-11-14-12(2)18-19(4)13(14)3/h7,9H,5-6,8,10-11H2,1-4H3,(H,16,17). The fourth-order valence-electron chi connectivity index (χ4n) is 2.38. The van der Waals surface area contributed by atoms with Gasteiger partial charge >= 0.3 is 0 Å². The van der Waals surface area contributed by atoms with E-state index in [0.29, 0.717) is 0 Å². The molecule has 0 atom stereocenters. The van der Waals surface area contributed by atoms with Gasteiger partial charge in [-0.3, -0.25) is 4.68 Å². The molecule has 0 bridgehead atoms. The summed E-state index contributed by atoms with van der Waals surface area (Å²) in [7, 11) is 1.97. The van der Waals surface area contributed by atoms with Crippen LogP contribution in [0.5, 0.6) is 0 Å². The van der Waals surface area contributed by atoms with Crippen molar-refractivity contribution in [3.8, 4) is 0 Å². The predicted molar refractivity (Wildman–Crippen MR) is 83.3 cm³/mol. The van der Waals surface area contributed by atoms with Gasteiger partial charge in [0.15, 0.2) is 0 Å². The van der Waals surface area contributed by atoms with E-state index >= 15 is 0 Å². The van der Waals surface area contributed by atoms with Crippen LogP contribution in [0.1, 0.15) is 30.3 Å². The van der Waals surface area contributed by atoms with E-state index in [1.807, 2.05) is 38.0 Å². The van der Waals surface area contributed by atoms with Gasteiger partial charge in [-0.05, 0) is 27.2 Å². The maximum atomic E-state index is 5.37. The second-order valence-corrected chi connectivity index (χ2v) is 5.12. The minimum absolute atomic E-state index is 0.744. The van der Waals surface area contributed by atoms with Gasteiger partial charge in [-0.2, -0.15) is 5.10 Å². The summed E-state index contributed by atoms with van der Waals surface area (Å²) < 4.78 is 9.41. The number of ether oxygens (including phenoxy) is 1. The molecular formula is C15H25N5O. The van der Waals surface area contributed by atoms with E-state index in [-0.39, 0.29) is 0 Å². The van der Waals surface area contributed by atoms with Crippen molar-refractivity contribution in [1.82, 2.24) is 19.3 Å². The largest absolute Gasteiger partial charge is 0.382 e. The maximum absolute atomic E-state index is 5.37. The molecule has 2 aromatic rings. The summed E-state index contributed by atoms with van der Waals surface area (Å²) in [6.07, 6.45) is 4.81. The Kier molecular flexibility index (Phi) is 5.38. The van der Waals surface area contributed by atoms with Crippen molar-refractivity contribution in [3.05, 3.63) is 29.3 Å². The van der Waals surface area contributed by atoms with Gasteiger partial charge in [-0.1, -0.05) is 0 Å². The average molecular weight is 291 g/mol. The Morgan fingerprint density at radius 2 is 2.14 bits per heavy atom. The van der Waals surface area contributed by atoms with Gasteiger partial charge in [0.1, 0.15) is 0 Å². The van der Waals surface area contributed by atoms with Crippen molar-refractivity contribution in [1.29, 1.82) is 0 Å². The third-order valence-electron chi connectivity index (χ3n) is 3.69. The molecule has 2 heterocycles. The van der Waals surface area contributed by atoms with Crippen LogP contribution >= 0.6 is 0 Å². The summed E-state index contributed by atoms with van der Waals surface area (Å²) in [6, 6.07) is 0. The van der Waals surface area contributed by atoms with Crippen LogP contribution in [0.25, 0.3) is 0 Å². The lowest BCUT2D eigenvalue weighted by molar-refractivity contribution is 0.142. The third kappa shape index (κ3) is 3.85. The molecule has 0 aromatic carbocycles. The Hall–Kier alpha value is -1.82. The van der Waals surface area contributed by atoms with Crippen molar-refractivity contribution >= 4 is 5.95 Å². The molecule has 21 heavy (non-hydrogen) atoms. The summed E-state index contributed by atoms with van der Waals surface area (Å²) in [4.78, 5) is 4.38. The lowest BCUT2D eigenvalue weighted by Gasteiger charge is -2.10. The van der Waals surface area contributed by atoms with E-state index in [2.05, 4.69) is 26.9 Å². The smallest absolute Gasteiger partial charge is 0.203 e. The van der Waals surface area contributed by atoms with Crippen LogP contribution in [-0.4, -0.2) is 32.5 Å². The lowest BCUT2D eigenvalue weighted by atomic mass is 10.2. The summed E-state index contributed by atoms with van der Waals surface area (Å²) in [6.45, 7) is 9.36. The van der Waals surface area contributed by atoms with Crippen molar-refractivity contribution in [2.24, 2.45) is 7.05 Å². The normalized spacial score (nSPS) is 11.0. The quantitative estimate of drug-likeness (QED) is 0.758. The molecule has 0 aliphatic heterocycles. The molecule has 0 saturated heterocycles. The van der Waals surface area contributed by atoms with Crippen LogP contribution < -0.4 is 5.32 Å². The first-order valence-electron chi connectivity index (χ1n) is 7.45. The Morgan fingerprint density at radius 3 is 2.81 bits per heavy atom. The number of aryl methyl sites for hydroxylation is 3. The fraction of sp³-hybridized carbons (Fsp3) is 0.600. The van der Waals surface area contributed by atoms with Gasteiger partial charge < -0.3 is 14.6 Å². The molecule has 0 spiro atoms. The first kappa shape index (κ1) is 15.6. The molecule has 2 aromatic heterocycles. The van der Waals surface area contributed by atoms with Gasteiger partial charge in [-0.25, -0.2) is 4.98 Å². The van der Waals surface area contributed by atoms with Crippen LogP contribution in [0, 0.1) is 13.8 Å². The average Bonchev–Trinajstić information content (AvgIpc) is 2.99. The zero-order chi connectivity index (χ0) is 15.2. The predicted octanol–water partition coefficient (Wildman–Crippen LogP) is 2.27. The van der Waals surface area contributed by atoms with E-state index in [1.54, 1.807) is 0 Å². The van der Waals surface area contributed by atoms with Gasteiger partial charge in [0.25, 0.3) is 0 Å². The van der Waals surface area contributed by atoms with Crippen molar-refractivity contribution in [3.63, 3.8) is 0 Å². The SMILES string of the molecule is CCOCCCn1ccnc1NCc1c(C)nn(C)c1C. The molecule has 0 saturated carbocycles. The summed E-state index contributed by atoms with van der Waals surface area (Å²) in [5, 5.41) is 7.84. The summed E-state index contributed by atoms with van der Waals surface area (Å²) in [5.74, 6) is 0.897. The molecular weight excluding hydrogens is 266 g/mol. The maximum Gasteiger partial charge on any atom is 0.203 e. The number of aromatic nitrogens is 4. The number of nitrogens with zero attached hydrogens (tertiary/aromatic N) is 4. The number of anilines is 1. The highest BCUT2D eigenvalue weighted by Gasteiger charge is 2.10. The third-order valence-corrected chi connectivity index (χ3v) is 3.69. The monoisotopic (exact) mass is 291 g/mol. The Balaban J connectivity index is 1.93. The van der Waals surface area contributed by atoms with Crippen LogP contribution in [0.4, 0.5) is 5.95 Å². The molecule has 2 rings (SSSR count). The van der Waals surface area contributed by atoms with Crippen LogP contribution in [0.2, 0.25) is 0 Å². The molecule has 0 aliphatic rings. The number of hydrogen-bond donors (Lipinski definition) is 1. The van der Waals surface area contributed by atoms with Crippen LogP contribution in [-0.2, 0) is 24.9 Å². The van der Waals surface area contributed by atoms with Crippen molar-refractivity contribution < 1.29 is 4.74 Å². The van der Waals surface area contributed by atoms with Gasteiger partial charge in [-0.15, -0.1) is 0 Å². The molecule has 0 amide bonds. The number of imidazole rings is 1. The molecule has 0 aliphatic carbocycles. The molecule has 0 unspecified atom stereocenters. The highest BCUT2D eigenvalue weighted by Crippen LogP contribution is 2.14. The second kappa shape index (κ2) is 7.26. The molecule has 116 valence electrons. The fourth-order valence-corrected chi connectivity index (χ4v) is 2.38. The van der Waals surface area contributed by atoms with Crippen molar-refractivity contribution in [2.45, 2.75) is 40.3 Å². The Morgan fingerprint density at radius 1 is 1.33 bits per heavy atom. The summed E-state index contributed by atoms with van der Waals surface area (Å²) >= 11 is 0. The molecule has 0 fully saturated rings.